The van der Waals surface area contributed by atoms with Crippen molar-refractivity contribution in [3.05, 3.63) is 62.9 Å². The Labute approximate surface area is 115 Å². The number of anilines is 1. The molecule has 100 valence electrons. The summed E-state index contributed by atoms with van der Waals surface area (Å²) in [5, 5.41) is 4.92. The van der Waals surface area contributed by atoms with Crippen LogP contribution >= 0.6 is 0 Å². The minimum absolute atomic E-state index is 0.229. The van der Waals surface area contributed by atoms with E-state index in [4.69, 9.17) is 0 Å². The van der Waals surface area contributed by atoms with E-state index in [1.54, 1.807) is 0 Å². The Kier molecular flexibility index (Phi) is 2.91. The lowest BCUT2D eigenvalue weighted by atomic mass is 10.1. The maximum atomic E-state index is 11.5. The number of hydrogen-bond donors (Lipinski definition) is 3. The van der Waals surface area contributed by atoms with E-state index in [1.165, 1.54) is 0 Å². The summed E-state index contributed by atoms with van der Waals surface area (Å²) in [5.41, 5.74) is 3.22. The molecule has 0 atom stereocenters. The van der Waals surface area contributed by atoms with Crippen LogP contribution in [0.1, 0.15) is 5.56 Å². The Morgan fingerprint density at radius 3 is 2.60 bits per heavy atom. The lowest BCUT2D eigenvalue weighted by Crippen LogP contribution is -2.25. The van der Waals surface area contributed by atoms with Gasteiger partial charge in [-0.05, 0) is 22.1 Å². The number of rotatable bonds is 3. The zero-order chi connectivity index (χ0) is 14.1. The zero-order valence-corrected chi connectivity index (χ0v) is 11.0. The topological polar surface area (TPSA) is 60.7 Å². The van der Waals surface area contributed by atoms with E-state index in [-0.39, 0.29) is 5.69 Å². The molecule has 0 aliphatic carbocycles. The second-order valence-corrected chi connectivity index (χ2v) is 4.73. The van der Waals surface area contributed by atoms with Gasteiger partial charge in [-0.15, -0.1) is 0 Å². The van der Waals surface area contributed by atoms with E-state index in [0.29, 0.717) is 6.54 Å². The normalized spacial score (nSPS) is 10.8. The van der Waals surface area contributed by atoms with E-state index in [9.17, 15) is 4.79 Å². The number of nitrogens with one attached hydrogen (secondary N) is 3. The Hall–Kier alpha value is -2.75. The number of fused-ring (bicyclic) bond motifs is 1. The Morgan fingerprint density at radius 1 is 1.10 bits per heavy atom. The third-order valence-electron chi connectivity index (χ3n) is 3.33. The first-order chi connectivity index (χ1) is 9.65. The summed E-state index contributed by atoms with van der Waals surface area (Å²) in [7, 11) is 0. The summed E-state index contributed by atoms with van der Waals surface area (Å²) < 4.78 is 0. The van der Waals surface area contributed by atoms with Gasteiger partial charge in [-0.1, -0.05) is 43.5 Å². The molecule has 2 aromatic carbocycles. The lowest BCUT2D eigenvalue weighted by Gasteiger charge is -2.09. The third-order valence-corrected chi connectivity index (χ3v) is 3.33. The zero-order valence-electron chi connectivity index (χ0n) is 11.0. The first-order valence-electron chi connectivity index (χ1n) is 6.36. The Balaban J connectivity index is 2.06. The predicted octanol–water partition coefficient (Wildman–Crippen LogP) is 1.29. The number of benzene rings is 2. The molecule has 0 unspecified atom stereocenters. The lowest BCUT2D eigenvalue weighted by molar-refractivity contribution is 1.14. The molecule has 3 N–H and O–H groups in total. The average molecular weight is 265 g/mol. The van der Waals surface area contributed by atoms with Gasteiger partial charge in [0.05, 0.1) is 16.7 Å². The van der Waals surface area contributed by atoms with Crippen molar-refractivity contribution < 1.29 is 0 Å². The fourth-order valence-corrected chi connectivity index (χ4v) is 2.26. The molecule has 0 aliphatic rings. The Bertz CT molecular complexity index is 907. The number of aromatic nitrogens is 2. The van der Waals surface area contributed by atoms with Crippen LogP contribution in [-0.4, -0.2) is 9.97 Å². The van der Waals surface area contributed by atoms with Crippen molar-refractivity contribution in [3.63, 3.8) is 0 Å². The summed E-state index contributed by atoms with van der Waals surface area (Å²) in [5.74, 6) is 0. The maximum Gasteiger partial charge on any atom is 0.323 e. The predicted molar refractivity (Wildman–Crippen MR) is 83.0 cm³/mol. The van der Waals surface area contributed by atoms with Crippen molar-refractivity contribution in [1.29, 1.82) is 0 Å². The summed E-state index contributed by atoms with van der Waals surface area (Å²) in [4.78, 5) is 17.0. The third kappa shape index (κ3) is 2.12. The maximum absolute atomic E-state index is 11.5. The fraction of sp³-hybridized carbons (Fsp3) is 0.0625. The van der Waals surface area contributed by atoms with Gasteiger partial charge in [0.2, 0.25) is 0 Å². The number of H-pyrrole nitrogens is 2. The van der Waals surface area contributed by atoms with E-state index in [2.05, 4.69) is 28.4 Å². The molecule has 0 saturated heterocycles. The molecule has 4 nitrogen and oxygen atoms in total. The van der Waals surface area contributed by atoms with Gasteiger partial charge in [0.25, 0.3) is 0 Å². The van der Waals surface area contributed by atoms with Crippen LogP contribution in [0.4, 0.5) is 5.69 Å². The van der Waals surface area contributed by atoms with Gasteiger partial charge in [0.1, 0.15) is 0 Å². The van der Waals surface area contributed by atoms with Crippen LogP contribution in [0, 0.1) is 0 Å². The number of aromatic amines is 2. The minimum atomic E-state index is -0.229. The van der Waals surface area contributed by atoms with Crippen LogP contribution in [0.25, 0.3) is 24.2 Å². The van der Waals surface area contributed by atoms with E-state index in [0.717, 1.165) is 32.7 Å². The van der Waals surface area contributed by atoms with Crippen LogP contribution < -0.4 is 21.4 Å². The molecule has 0 aliphatic heterocycles. The first-order valence-corrected chi connectivity index (χ1v) is 6.36. The van der Waals surface area contributed by atoms with Gasteiger partial charge in [-0.25, -0.2) is 4.79 Å². The molecule has 3 aromatic rings. The van der Waals surface area contributed by atoms with E-state index < -0.39 is 0 Å². The first kappa shape index (κ1) is 12.3. The van der Waals surface area contributed by atoms with Crippen LogP contribution in [-0.2, 0) is 6.54 Å². The standard InChI is InChI=1S/C16H15N3O/c1-10-8-13-15(19-16(20)18-13)14(11(10)2)17-9-12-6-4-3-5-7-12/h3-8,17H,1-2,9H2,(H2,18,19,20). The van der Waals surface area contributed by atoms with Gasteiger partial charge >= 0.3 is 5.69 Å². The van der Waals surface area contributed by atoms with Crippen LogP contribution in [0.3, 0.4) is 0 Å². The second-order valence-electron chi connectivity index (χ2n) is 4.73. The largest absolute Gasteiger partial charge is 0.379 e. The average Bonchev–Trinajstić information content (AvgIpc) is 2.80. The quantitative estimate of drug-likeness (QED) is 0.668. The second kappa shape index (κ2) is 4.74. The summed E-state index contributed by atoms with van der Waals surface area (Å²) in [6.45, 7) is 8.65. The van der Waals surface area contributed by atoms with Crippen molar-refractivity contribution in [3.8, 4) is 0 Å². The van der Waals surface area contributed by atoms with Crippen LogP contribution in [0.15, 0.2) is 41.2 Å². The van der Waals surface area contributed by atoms with Crippen LogP contribution in [0.2, 0.25) is 0 Å². The highest BCUT2D eigenvalue weighted by Crippen LogP contribution is 2.13. The molecule has 0 radical (unpaired) electrons. The van der Waals surface area contributed by atoms with Gasteiger partial charge in [-0.2, -0.15) is 0 Å². The molecule has 20 heavy (non-hydrogen) atoms. The highest BCUT2D eigenvalue weighted by atomic mass is 16.1. The molecule has 0 amide bonds. The molecular formula is C16H15N3O. The van der Waals surface area contributed by atoms with Crippen molar-refractivity contribution in [2.45, 2.75) is 6.54 Å². The summed E-state index contributed by atoms with van der Waals surface area (Å²) in [6, 6.07) is 11.9. The molecule has 4 heteroatoms. The van der Waals surface area contributed by atoms with Gasteiger partial charge < -0.3 is 15.3 Å². The smallest absolute Gasteiger partial charge is 0.323 e. The van der Waals surface area contributed by atoms with Crippen molar-refractivity contribution in [2.24, 2.45) is 0 Å². The molecule has 3 rings (SSSR count). The molecule has 1 heterocycles. The number of hydrogen-bond acceptors (Lipinski definition) is 2. The van der Waals surface area contributed by atoms with Gasteiger partial charge in [0.15, 0.2) is 0 Å². The highest BCUT2D eigenvalue weighted by Gasteiger charge is 2.06. The van der Waals surface area contributed by atoms with Crippen LogP contribution in [0.5, 0.6) is 0 Å². The van der Waals surface area contributed by atoms with E-state index in [1.807, 2.05) is 36.4 Å². The molecule has 0 saturated carbocycles. The van der Waals surface area contributed by atoms with E-state index >= 15 is 0 Å². The molecule has 0 bridgehead atoms. The Morgan fingerprint density at radius 2 is 1.85 bits per heavy atom. The van der Waals surface area contributed by atoms with Crippen molar-refractivity contribution in [2.75, 3.05) is 5.32 Å². The fourth-order valence-electron chi connectivity index (χ4n) is 2.26. The van der Waals surface area contributed by atoms with Crippen molar-refractivity contribution >= 4 is 29.9 Å². The molecule has 0 spiro atoms. The SMILES string of the molecule is C=c1cc2[nH]c(=O)[nH]c2c(NCc2ccccc2)c1=C. The highest BCUT2D eigenvalue weighted by molar-refractivity contribution is 5.88. The van der Waals surface area contributed by atoms with Gasteiger partial charge in [-0.3, -0.25) is 0 Å². The molecular weight excluding hydrogens is 250 g/mol. The minimum Gasteiger partial charge on any atom is -0.379 e. The summed E-state index contributed by atoms with van der Waals surface area (Å²) >= 11 is 0. The molecule has 1 aromatic heterocycles. The monoisotopic (exact) mass is 265 g/mol. The van der Waals surface area contributed by atoms with Crippen molar-refractivity contribution in [1.82, 2.24) is 9.97 Å². The molecule has 0 fully saturated rings. The summed E-state index contributed by atoms with van der Waals surface area (Å²) in [6.07, 6.45) is 0. The van der Waals surface area contributed by atoms with Gasteiger partial charge in [0, 0.05) is 6.54 Å². The number of imidazole rings is 1.